The Morgan fingerprint density at radius 3 is 2.68 bits per heavy atom. The van der Waals surface area contributed by atoms with Gasteiger partial charge in [0, 0.05) is 23.7 Å². The van der Waals surface area contributed by atoms with Crippen LogP contribution in [0.2, 0.25) is 0 Å². The highest BCUT2D eigenvalue weighted by molar-refractivity contribution is 5.85. The molecule has 0 unspecified atom stereocenters. The molecule has 1 aliphatic rings. The standard InChI is InChI=1S/C28H26FN9/c1-15(7-28(3,4)5)34-18-6-17(8-30-9-18)24-23(29)22-19(11-32-24)35-26(22)27-36-20-10-31-12-21(25(20)37-27)38-13-16(2)33-14-38/h6,8-14,34H,1,7H2,2-5H3,(H,36,37). The molecule has 9 nitrogen and oxygen atoms in total. The second kappa shape index (κ2) is 8.69. The van der Waals surface area contributed by atoms with E-state index in [1.807, 2.05) is 23.8 Å². The van der Waals surface area contributed by atoms with Gasteiger partial charge in [-0.3, -0.25) is 15.0 Å². The van der Waals surface area contributed by atoms with Gasteiger partial charge in [0.05, 0.1) is 64.3 Å². The lowest BCUT2D eigenvalue weighted by molar-refractivity contribution is 0.411. The number of hydrogen-bond donors (Lipinski definition) is 2. The molecule has 6 heterocycles. The Balaban J connectivity index is 1.38. The van der Waals surface area contributed by atoms with Crippen LogP contribution < -0.4 is 15.9 Å². The van der Waals surface area contributed by atoms with Crippen molar-refractivity contribution >= 4 is 22.4 Å². The van der Waals surface area contributed by atoms with Crippen LogP contribution in [-0.2, 0) is 0 Å². The van der Waals surface area contributed by atoms with Gasteiger partial charge in [-0.15, -0.1) is 0 Å². The molecule has 1 aliphatic heterocycles. The maximum atomic E-state index is 15.9. The molecule has 0 aromatic carbocycles. The summed E-state index contributed by atoms with van der Waals surface area (Å²) in [5.41, 5.74) is 5.91. The number of fused-ring (bicyclic) bond motifs is 2. The number of halogens is 1. The molecular formula is C28H26FN9. The van der Waals surface area contributed by atoms with Gasteiger partial charge in [-0.05, 0) is 24.8 Å². The molecule has 0 spiro atoms. The molecule has 0 atom stereocenters. The lowest BCUT2D eigenvalue weighted by Gasteiger charge is -2.20. The maximum absolute atomic E-state index is 15.9. The summed E-state index contributed by atoms with van der Waals surface area (Å²) in [7, 11) is 0. The number of aryl methyl sites for hydroxylation is 1. The van der Waals surface area contributed by atoms with E-state index in [1.54, 1.807) is 37.3 Å². The van der Waals surface area contributed by atoms with Crippen molar-refractivity contribution < 1.29 is 4.39 Å². The van der Waals surface area contributed by atoms with E-state index < -0.39 is 5.82 Å². The Bertz CT molecular complexity index is 1860. The minimum absolute atomic E-state index is 0.0887. The normalized spacial score (nSPS) is 12.7. The van der Waals surface area contributed by atoms with E-state index in [9.17, 15) is 0 Å². The third-order valence-electron chi connectivity index (χ3n) is 6.13. The van der Waals surface area contributed by atoms with Crippen molar-refractivity contribution in [3.05, 3.63) is 89.8 Å². The van der Waals surface area contributed by atoms with Crippen molar-refractivity contribution in [3.63, 3.8) is 0 Å². The van der Waals surface area contributed by atoms with E-state index >= 15 is 4.39 Å². The third kappa shape index (κ3) is 4.23. The highest BCUT2D eigenvalue weighted by Gasteiger charge is 2.22. The molecular weight excluding hydrogens is 481 g/mol. The van der Waals surface area contributed by atoms with Gasteiger partial charge in [0.15, 0.2) is 11.6 Å². The fourth-order valence-corrected chi connectivity index (χ4v) is 4.58. The number of rotatable bonds is 6. The number of allylic oxidation sites excluding steroid dienone is 1. The number of nitrogens with one attached hydrogen (secondary N) is 2. The first-order valence-corrected chi connectivity index (χ1v) is 12.2. The Morgan fingerprint density at radius 2 is 1.92 bits per heavy atom. The van der Waals surface area contributed by atoms with Gasteiger partial charge in [-0.2, -0.15) is 0 Å². The SMILES string of the molecule is C=C(CC(C)(C)C)Nc1cncc(-c2ncc3c(c2F)=C(c2nc4c(-n5cnc(C)c5)cncc4[nH]2)N=3)c1. The first-order valence-electron chi connectivity index (χ1n) is 12.2. The van der Waals surface area contributed by atoms with Crippen molar-refractivity contribution in [2.75, 3.05) is 5.32 Å². The van der Waals surface area contributed by atoms with Gasteiger partial charge < -0.3 is 14.9 Å². The van der Waals surface area contributed by atoms with Crippen LogP contribution in [0.4, 0.5) is 10.1 Å². The topological polar surface area (TPSA) is 110 Å². The number of nitrogens with zero attached hydrogens (tertiary/aromatic N) is 7. The summed E-state index contributed by atoms with van der Waals surface area (Å²) < 4.78 is 17.7. The predicted molar refractivity (Wildman–Crippen MR) is 143 cm³/mol. The first kappa shape index (κ1) is 23.7. The number of pyridine rings is 3. The molecule has 0 saturated heterocycles. The number of hydrogen-bond acceptors (Lipinski definition) is 7. The summed E-state index contributed by atoms with van der Waals surface area (Å²) in [4.78, 5) is 29.7. The second-order valence-corrected chi connectivity index (χ2v) is 10.6. The Labute approximate surface area is 218 Å². The Kier molecular flexibility index (Phi) is 5.41. The number of imidazole rings is 2. The molecule has 0 bridgehead atoms. The lowest BCUT2D eigenvalue weighted by Crippen LogP contribution is -2.39. The van der Waals surface area contributed by atoms with Crippen molar-refractivity contribution in [1.82, 2.24) is 34.5 Å². The van der Waals surface area contributed by atoms with Crippen molar-refractivity contribution in [1.29, 1.82) is 0 Å². The summed E-state index contributed by atoms with van der Waals surface area (Å²) >= 11 is 0. The van der Waals surface area contributed by atoms with Crippen molar-refractivity contribution in [2.45, 2.75) is 34.1 Å². The second-order valence-electron chi connectivity index (χ2n) is 10.6. The number of anilines is 1. The predicted octanol–water partition coefficient (Wildman–Crippen LogP) is 4.20. The highest BCUT2D eigenvalue weighted by Crippen LogP contribution is 2.27. The fourth-order valence-electron chi connectivity index (χ4n) is 4.58. The Hall–Kier alpha value is -4.73. The van der Waals surface area contributed by atoms with E-state index in [1.165, 1.54) is 0 Å². The molecule has 0 saturated carbocycles. The van der Waals surface area contributed by atoms with Crippen LogP contribution in [0.3, 0.4) is 0 Å². The summed E-state index contributed by atoms with van der Waals surface area (Å²) in [6.45, 7) is 12.5. The quantitative estimate of drug-likeness (QED) is 0.357. The first-order chi connectivity index (χ1) is 18.2. The van der Waals surface area contributed by atoms with E-state index in [4.69, 9.17) is 4.98 Å². The Morgan fingerprint density at radius 1 is 1.11 bits per heavy atom. The summed E-state index contributed by atoms with van der Waals surface area (Å²) in [5.74, 6) is -0.00864. The molecule has 2 N–H and O–H groups in total. The molecule has 0 aliphatic carbocycles. The average molecular weight is 508 g/mol. The molecule has 5 aromatic rings. The fraction of sp³-hybridized carbons (Fsp3) is 0.214. The minimum Gasteiger partial charge on any atom is -0.358 e. The van der Waals surface area contributed by atoms with E-state index in [0.717, 1.165) is 29.2 Å². The summed E-state index contributed by atoms with van der Waals surface area (Å²) in [5, 5.41) is 4.13. The van der Waals surface area contributed by atoms with Gasteiger partial charge in [-0.25, -0.2) is 19.4 Å². The molecule has 190 valence electrons. The van der Waals surface area contributed by atoms with Gasteiger partial charge in [-0.1, -0.05) is 27.4 Å². The molecule has 0 fully saturated rings. The van der Waals surface area contributed by atoms with Gasteiger partial charge in [0.25, 0.3) is 0 Å². The highest BCUT2D eigenvalue weighted by atomic mass is 19.1. The van der Waals surface area contributed by atoms with Crippen molar-refractivity contribution in [3.8, 4) is 16.9 Å². The van der Waals surface area contributed by atoms with Crippen LogP contribution in [0.1, 0.15) is 38.7 Å². The van der Waals surface area contributed by atoms with Gasteiger partial charge in [0.2, 0.25) is 0 Å². The minimum atomic E-state index is -0.469. The number of aromatic amines is 1. The lowest BCUT2D eigenvalue weighted by atomic mass is 9.91. The number of H-pyrrole nitrogens is 1. The zero-order chi connectivity index (χ0) is 26.6. The van der Waals surface area contributed by atoms with Crippen LogP contribution in [0.15, 0.2) is 66.8 Å². The van der Waals surface area contributed by atoms with Gasteiger partial charge in [0.1, 0.15) is 16.9 Å². The zero-order valence-electron chi connectivity index (χ0n) is 21.5. The molecule has 6 rings (SSSR count). The number of aromatic nitrogens is 7. The molecule has 0 amide bonds. The van der Waals surface area contributed by atoms with E-state index in [-0.39, 0.29) is 11.1 Å². The average Bonchev–Trinajstić information content (AvgIpc) is 3.45. The largest absolute Gasteiger partial charge is 0.358 e. The van der Waals surface area contributed by atoms with E-state index in [2.05, 4.69) is 62.6 Å². The van der Waals surface area contributed by atoms with Crippen molar-refractivity contribution in [2.24, 2.45) is 10.4 Å². The van der Waals surface area contributed by atoms with Crippen LogP contribution in [-0.4, -0.2) is 34.5 Å². The van der Waals surface area contributed by atoms with E-state index in [0.29, 0.717) is 38.7 Å². The zero-order valence-corrected chi connectivity index (χ0v) is 21.5. The third-order valence-corrected chi connectivity index (χ3v) is 6.13. The molecule has 38 heavy (non-hydrogen) atoms. The maximum Gasteiger partial charge on any atom is 0.161 e. The molecule has 0 radical (unpaired) electrons. The van der Waals surface area contributed by atoms with Gasteiger partial charge >= 0.3 is 0 Å². The molecule has 5 aromatic heterocycles. The van der Waals surface area contributed by atoms with Crippen LogP contribution in [0, 0.1) is 18.2 Å². The van der Waals surface area contributed by atoms with Crippen LogP contribution in [0.25, 0.3) is 33.7 Å². The summed E-state index contributed by atoms with van der Waals surface area (Å²) in [6, 6.07) is 1.82. The van der Waals surface area contributed by atoms with Crippen LogP contribution >= 0.6 is 0 Å². The summed E-state index contributed by atoms with van der Waals surface area (Å²) in [6.07, 6.45) is 12.7. The molecule has 10 heteroatoms. The van der Waals surface area contributed by atoms with Crippen LogP contribution in [0.5, 0.6) is 0 Å². The monoisotopic (exact) mass is 507 g/mol. The smallest absolute Gasteiger partial charge is 0.161 e.